The topological polar surface area (TPSA) is 3.24 Å². The summed E-state index contributed by atoms with van der Waals surface area (Å²) in [5, 5.41) is 0. The molecular formula is C16H32N. The van der Waals surface area contributed by atoms with E-state index in [0.717, 1.165) is 0 Å². The van der Waals surface area contributed by atoms with Crippen LogP contribution in [0.15, 0.2) is 0 Å². The normalized spacial score (nSPS) is 29.3. The van der Waals surface area contributed by atoms with Crippen molar-refractivity contribution in [2.45, 2.75) is 79.8 Å². The standard InChI is InChI=1S/C16H32N/c1-13(2)17(14(3)4)12-16(7)10-8-9-15(5,6)11-16/h8,13-14H,9-12H2,1-7H3. The summed E-state index contributed by atoms with van der Waals surface area (Å²) in [5.74, 6) is 0. The first-order chi connectivity index (χ1) is 7.65. The van der Waals surface area contributed by atoms with Gasteiger partial charge >= 0.3 is 0 Å². The highest BCUT2D eigenvalue weighted by Gasteiger charge is 2.38. The Bertz CT molecular complexity index is 234. The highest BCUT2D eigenvalue weighted by Crippen LogP contribution is 2.46. The SMILES string of the molecule is CC(C)N(CC1(C)C[CH]CC(C)(C)C1)C(C)C. The number of hydrogen-bond donors (Lipinski definition) is 0. The molecule has 1 nitrogen and oxygen atoms in total. The molecule has 0 bridgehead atoms. The van der Waals surface area contributed by atoms with E-state index in [-0.39, 0.29) is 0 Å². The Balaban J connectivity index is 2.70. The van der Waals surface area contributed by atoms with Gasteiger partial charge in [0.25, 0.3) is 0 Å². The fraction of sp³-hybridized carbons (Fsp3) is 0.938. The molecule has 0 saturated heterocycles. The molecule has 1 atom stereocenters. The van der Waals surface area contributed by atoms with Gasteiger partial charge in [-0.15, -0.1) is 0 Å². The molecule has 0 spiro atoms. The average Bonchev–Trinajstić information content (AvgIpc) is 2.11. The summed E-state index contributed by atoms with van der Waals surface area (Å²) in [6.07, 6.45) is 6.44. The van der Waals surface area contributed by atoms with Crippen molar-refractivity contribution in [3.8, 4) is 0 Å². The predicted molar refractivity (Wildman–Crippen MR) is 77.0 cm³/mol. The molecule has 1 unspecified atom stereocenters. The van der Waals surface area contributed by atoms with Gasteiger partial charge in [-0.2, -0.15) is 0 Å². The third-order valence-electron chi connectivity index (χ3n) is 4.13. The summed E-state index contributed by atoms with van der Waals surface area (Å²) in [4.78, 5) is 2.65. The lowest BCUT2D eigenvalue weighted by Crippen LogP contribution is -2.46. The lowest BCUT2D eigenvalue weighted by Gasteiger charge is -2.47. The molecule has 0 aliphatic heterocycles. The van der Waals surface area contributed by atoms with Crippen LogP contribution in [0.4, 0.5) is 0 Å². The summed E-state index contributed by atoms with van der Waals surface area (Å²) < 4.78 is 0. The van der Waals surface area contributed by atoms with Crippen LogP contribution in [0.25, 0.3) is 0 Å². The molecule has 17 heavy (non-hydrogen) atoms. The van der Waals surface area contributed by atoms with E-state index < -0.39 is 0 Å². The van der Waals surface area contributed by atoms with Crippen LogP contribution >= 0.6 is 0 Å². The van der Waals surface area contributed by atoms with Gasteiger partial charge in [-0.3, -0.25) is 4.90 Å². The Hall–Kier alpha value is -0.0400. The van der Waals surface area contributed by atoms with E-state index >= 15 is 0 Å². The molecular weight excluding hydrogens is 206 g/mol. The van der Waals surface area contributed by atoms with Crippen LogP contribution in [0.1, 0.15) is 67.7 Å². The van der Waals surface area contributed by atoms with Crippen molar-refractivity contribution in [2.24, 2.45) is 10.8 Å². The van der Waals surface area contributed by atoms with Crippen molar-refractivity contribution in [1.82, 2.24) is 4.90 Å². The molecule has 0 amide bonds. The molecule has 1 rings (SSSR count). The highest BCUT2D eigenvalue weighted by atomic mass is 15.2. The highest BCUT2D eigenvalue weighted by molar-refractivity contribution is 4.97. The first-order valence-corrected chi connectivity index (χ1v) is 7.23. The van der Waals surface area contributed by atoms with Gasteiger partial charge in [0.1, 0.15) is 0 Å². The molecule has 101 valence electrons. The fourth-order valence-electron chi connectivity index (χ4n) is 3.63. The first-order valence-electron chi connectivity index (χ1n) is 7.23. The monoisotopic (exact) mass is 238 g/mol. The lowest BCUT2D eigenvalue weighted by molar-refractivity contribution is 0.0498. The van der Waals surface area contributed by atoms with Crippen LogP contribution in [0.3, 0.4) is 0 Å². The van der Waals surface area contributed by atoms with Crippen molar-refractivity contribution < 1.29 is 0 Å². The molecule has 1 radical (unpaired) electrons. The third-order valence-corrected chi connectivity index (χ3v) is 4.13. The minimum Gasteiger partial charge on any atom is -0.298 e. The summed E-state index contributed by atoms with van der Waals surface area (Å²) in [7, 11) is 0. The van der Waals surface area contributed by atoms with E-state index in [0.29, 0.717) is 22.9 Å². The molecule has 0 N–H and O–H groups in total. The fourth-order valence-corrected chi connectivity index (χ4v) is 3.63. The van der Waals surface area contributed by atoms with Crippen molar-refractivity contribution >= 4 is 0 Å². The van der Waals surface area contributed by atoms with Crippen LogP contribution in [0.5, 0.6) is 0 Å². The van der Waals surface area contributed by atoms with E-state index in [1.807, 2.05) is 0 Å². The molecule has 0 aromatic carbocycles. The van der Waals surface area contributed by atoms with Crippen LogP contribution in [-0.2, 0) is 0 Å². The summed E-state index contributed by atoms with van der Waals surface area (Å²) in [6, 6.07) is 1.30. The quantitative estimate of drug-likeness (QED) is 0.696. The average molecular weight is 238 g/mol. The van der Waals surface area contributed by atoms with Crippen LogP contribution in [0.2, 0.25) is 0 Å². The van der Waals surface area contributed by atoms with Crippen molar-refractivity contribution in [3.63, 3.8) is 0 Å². The predicted octanol–water partition coefficient (Wildman–Crippen LogP) is 4.53. The molecule has 1 fully saturated rings. The van der Waals surface area contributed by atoms with E-state index in [9.17, 15) is 0 Å². The van der Waals surface area contributed by atoms with E-state index in [2.05, 4.69) is 59.8 Å². The van der Waals surface area contributed by atoms with E-state index in [4.69, 9.17) is 0 Å². The largest absolute Gasteiger partial charge is 0.298 e. The maximum Gasteiger partial charge on any atom is 0.00415 e. The van der Waals surface area contributed by atoms with Crippen molar-refractivity contribution in [1.29, 1.82) is 0 Å². The zero-order valence-electron chi connectivity index (χ0n) is 13.0. The van der Waals surface area contributed by atoms with Crippen molar-refractivity contribution in [2.75, 3.05) is 6.54 Å². The maximum absolute atomic E-state index is 2.65. The second-order valence-corrected chi connectivity index (χ2v) is 7.71. The smallest absolute Gasteiger partial charge is 0.00415 e. The molecule has 1 aliphatic rings. The molecule has 1 heteroatoms. The molecule has 1 saturated carbocycles. The van der Waals surface area contributed by atoms with Gasteiger partial charge in [0.05, 0.1) is 0 Å². The van der Waals surface area contributed by atoms with Crippen LogP contribution in [0, 0.1) is 17.3 Å². The molecule has 1 aliphatic carbocycles. The van der Waals surface area contributed by atoms with Crippen LogP contribution in [-0.4, -0.2) is 23.5 Å². The second-order valence-electron chi connectivity index (χ2n) is 7.71. The maximum atomic E-state index is 2.65. The Morgan fingerprint density at radius 3 is 1.94 bits per heavy atom. The van der Waals surface area contributed by atoms with Gasteiger partial charge in [0, 0.05) is 18.6 Å². The Morgan fingerprint density at radius 1 is 1.00 bits per heavy atom. The summed E-state index contributed by atoms with van der Waals surface area (Å²) in [6.45, 7) is 17.8. The Labute approximate surface area is 109 Å². The van der Waals surface area contributed by atoms with Gasteiger partial charge in [-0.05, 0) is 64.2 Å². The van der Waals surface area contributed by atoms with Gasteiger partial charge in [0.15, 0.2) is 0 Å². The summed E-state index contributed by atoms with van der Waals surface area (Å²) >= 11 is 0. The molecule has 0 aromatic heterocycles. The van der Waals surface area contributed by atoms with Gasteiger partial charge in [0.2, 0.25) is 0 Å². The lowest BCUT2D eigenvalue weighted by atomic mass is 9.64. The number of nitrogens with zero attached hydrogens (tertiary/aromatic N) is 1. The van der Waals surface area contributed by atoms with Gasteiger partial charge in [-0.1, -0.05) is 20.8 Å². The number of rotatable bonds is 4. The molecule has 0 aromatic rings. The Kier molecular flexibility index (Phi) is 4.68. The molecule has 0 heterocycles. The third kappa shape index (κ3) is 4.28. The summed E-state index contributed by atoms with van der Waals surface area (Å²) in [5.41, 5.74) is 0.961. The van der Waals surface area contributed by atoms with Gasteiger partial charge in [-0.25, -0.2) is 0 Å². The van der Waals surface area contributed by atoms with Crippen LogP contribution < -0.4 is 0 Å². The first kappa shape index (κ1) is 15.0. The number of hydrogen-bond acceptors (Lipinski definition) is 1. The van der Waals surface area contributed by atoms with E-state index in [1.165, 1.54) is 25.8 Å². The minimum absolute atomic E-state index is 0.469. The Morgan fingerprint density at radius 2 is 1.53 bits per heavy atom. The van der Waals surface area contributed by atoms with E-state index in [1.54, 1.807) is 0 Å². The second kappa shape index (κ2) is 5.30. The van der Waals surface area contributed by atoms with Crippen molar-refractivity contribution in [3.05, 3.63) is 6.42 Å². The minimum atomic E-state index is 0.469. The zero-order valence-corrected chi connectivity index (χ0v) is 13.0. The zero-order chi connectivity index (χ0) is 13.3. The van der Waals surface area contributed by atoms with Gasteiger partial charge < -0.3 is 0 Å².